The van der Waals surface area contributed by atoms with Gasteiger partial charge in [0.1, 0.15) is 18.8 Å². The molecule has 0 spiro atoms. The molecular weight excluding hydrogens is 973 g/mol. The number of ether oxygens (including phenoxy) is 5. The molecule has 1 saturated heterocycles. The van der Waals surface area contributed by atoms with Crippen molar-refractivity contribution in [3.63, 3.8) is 0 Å². The van der Waals surface area contributed by atoms with Crippen LogP contribution in [0.1, 0.15) is 252 Å². The molecule has 0 saturated carbocycles. The Morgan fingerprint density at radius 3 is 1.25 bits per heavy atom. The lowest BCUT2D eigenvalue weighted by atomic mass is 9.98. The summed E-state index contributed by atoms with van der Waals surface area (Å²) in [4.78, 5) is 51.2. The van der Waals surface area contributed by atoms with Crippen molar-refractivity contribution in [2.45, 2.75) is 289 Å². The van der Waals surface area contributed by atoms with Gasteiger partial charge in [-0.1, -0.05) is 228 Å². The average molecular weight is 1080 g/mol. The second-order valence-corrected chi connectivity index (χ2v) is 20.6. The summed E-state index contributed by atoms with van der Waals surface area (Å²) in [6.45, 7) is 5.75. The zero-order valence-corrected chi connectivity index (χ0v) is 48.4. The number of allylic oxidation sites excluding steroid dienone is 14. The Hall–Kier alpha value is -4.10. The Morgan fingerprint density at radius 1 is 0.442 bits per heavy atom. The van der Waals surface area contributed by atoms with Crippen molar-refractivity contribution in [1.82, 2.24) is 0 Å². The van der Waals surface area contributed by atoms with Gasteiger partial charge in [-0.05, 0) is 89.9 Å². The van der Waals surface area contributed by atoms with Crippen LogP contribution in [-0.2, 0) is 42.9 Å². The van der Waals surface area contributed by atoms with Gasteiger partial charge in [0.2, 0.25) is 0 Å². The molecule has 440 valence electrons. The number of unbranched alkanes of at least 4 members (excludes halogenated alkanes) is 23. The Labute approximate surface area is 467 Å². The zero-order valence-electron chi connectivity index (χ0n) is 48.4. The normalized spacial score (nSPS) is 18.6. The topological polar surface area (TPSA) is 175 Å². The minimum atomic E-state index is -1.91. The third-order valence-corrected chi connectivity index (χ3v) is 13.5. The Kier molecular flexibility index (Phi) is 48.4. The number of rotatable bonds is 51. The number of aliphatic hydroxyl groups is 2. The lowest BCUT2D eigenvalue weighted by molar-refractivity contribution is -0.301. The SMILES string of the molecule is CC/C=C\C/C=C\C/C=C\C/C=C\CCCCCCCCC(=O)OCC(COC1OC(C(=O)O)C(O)C(O)C1OC(=O)CCCCCCCCC/C=C\C/C=C\C/C=C\CC)OC(=O)CCCCCCCCCCCCC. The molecule has 1 heterocycles. The summed E-state index contributed by atoms with van der Waals surface area (Å²) in [6, 6.07) is 0. The largest absolute Gasteiger partial charge is 0.479 e. The van der Waals surface area contributed by atoms with Crippen LogP contribution < -0.4 is 0 Å². The highest BCUT2D eigenvalue weighted by atomic mass is 16.7. The minimum absolute atomic E-state index is 0.0461. The van der Waals surface area contributed by atoms with E-state index >= 15 is 0 Å². The molecule has 3 N–H and O–H groups in total. The number of carboxylic acids is 1. The maximum absolute atomic E-state index is 13.1. The number of esters is 3. The third-order valence-electron chi connectivity index (χ3n) is 13.5. The van der Waals surface area contributed by atoms with E-state index in [0.29, 0.717) is 19.3 Å². The molecule has 0 aliphatic carbocycles. The quantitative estimate of drug-likeness (QED) is 0.0228. The predicted octanol–water partition coefficient (Wildman–Crippen LogP) is 15.9. The van der Waals surface area contributed by atoms with Crippen LogP contribution >= 0.6 is 0 Å². The standard InChI is InChI=1S/C65H108O12/c1-4-7-10-13-16-19-22-24-26-28-29-31-32-34-37-39-42-45-48-51-57(66)73-54-56(75-58(67)52-49-46-43-40-36-21-18-15-12-9-6-3)55-74-65-63(61(70)60(69)62(77-65)64(71)72)76-59(68)53-50-47-44-41-38-35-33-30-27-25-23-20-17-14-11-8-5-2/h7-8,10-11,16-17,19-20,24-27,29,31,56,60-63,65,69-70H,4-6,9,12-15,18,21-23,28,30,32-55H2,1-3H3,(H,71,72)/b10-7-,11-8-,19-16-,20-17-,26-24-,27-25-,31-29-. The third kappa shape index (κ3) is 42.5. The van der Waals surface area contributed by atoms with E-state index in [9.17, 15) is 34.5 Å². The van der Waals surface area contributed by atoms with E-state index in [1.54, 1.807) is 0 Å². The Balaban J connectivity index is 2.66. The summed E-state index contributed by atoms with van der Waals surface area (Å²) < 4.78 is 28.4. The summed E-state index contributed by atoms with van der Waals surface area (Å²) in [5.74, 6) is -3.14. The summed E-state index contributed by atoms with van der Waals surface area (Å²) in [5, 5.41) is 31.5. The van der Waals surface area contributed by atoms with E-state index in [4.69, 9.17) is 23.7 Å². The van der Waals surface area contributed by atoms with Crippen LogP contribution in [0.3, 0.4) is 0 Å². The first kappa shape index (κ1) is 70.9. The van der Waals surface area contributed by atoms with Crippen molar-refractivity contribution >= 4 is 23.9 Å². The minimum Gasteiger partial charge on any atom is -0.479 e. The lowest BCUT2D eigenvalue weighted by Crippen LogP contribution is -2.61. The molecule has 12 nitrogen and oxygen atoms in total. The molecule has 1 aliphatic heterocycles. The zero-order chi connectivity index (χ0) is 56.1. The van der Waals surface area contributed by atoms with Crippen LogP contribution in [0.25, 0.3) is 0 Å². The summed E-state index contributed by atoms with van der Waals surface area (Å²) in [5.41, 5.74) is 0. The monoisotopic (exact) mass is 1080 g/mol. The predicted molar refractivity (Wildman–Crippen MR) is 312 cm³/mol. The van der Waals surface area contributed by atoms with Crippen molar-refractivity contribution in [3.05, 3.63) is 85.1 Å². The van der Waals surface area contributed by atoms with Gasteiger partial charge in [-0.2, -0.15) is 0 Å². The number of hydrogen-bond acceptors (Lipinski definition) is 11. The molecule has 0 radical (unpaired) electrons. The number of carbonyl (C=O) groups excluding carboxylic acids is 3. The molecule has 6 atom stereocenters. The van der Waals surface area contributed by atoms with Crippen molar-refractivity contribution in [3.8, 4) is 0 Å². The van der Waals surface area contributed by atoms with E-state index in [0.717, 1.165) is 148 Å². The molecule has 1 aliphatic rings. The highest BCUT2D eigenvalue weighted by Gasteiger charge is 2.50. The van der Waals surface area contributed by atoms with Gasteiger partial charge >= 0.3 is 23.9 Å². The summed E-state index contributed by atoms with van der Waals surface area (Å²) in [6.07, 6.45) is 55.5. The van der Waals surface area contributed by atoms with Gasteiger partial charge < -0.3 is 39.0 Å². The fourth-order valence-electron chi connectivity index (χ4n) is 8.84. The van der Waals surface area contributed by atoms with E-state index in [2.05, 4.69) is 106 Å². The smallest absolute Gasteiger partial charge is 0.335 e. The average Bonchev–Trinajstić information content (AvgIpc) is 3.41. The van der Waals surface area contributed by atoms with Crippen LogP contribution in [0.4, 0.5) is 0 Å². The second kappa shape index (κ2) is 52.6. The first-order valence-electron chi connectivity index (χ1n) is 30.6. The molecule has 12 heteroatoms. The van der Waals surface area contributed by atoms with Gasteiger partial charge in [0.15, 0.2) is 24.6 Å². The fourth-order valence-corrected chi connectivity index (χ4v) is 8.84. The van der Waals surface area contributed by atoms with Gasteiger partial charge in [0.25, 0.3) is 0 Å². The van der Waals surface area contributed by atoms with Gasteiger partial charge in [-0.15, -0.1) is 0 Å². The van der Waals surface area contributed by atoms with Gasteiger partial charge in [-0.3, -0.25) is 14.4 Å². The molecular formula is C65H108O12. The summed E-state index contributed by atoms with van der Waals surface area (Å²) >= 11 is 0. The van der Waals surface area contributed by atoms with Crippen LogP contribution in [-0.4, -0.2) is 89.2 Å². The Bertz CT molecular complexity index is 1660. The van der Waals surface area contributed by atoms with Crippen molar-refractivity contribution in [2.24, 2.45) is 0 Å². The van der Waals surface area contributed by atoms with Crippen LogP contribution in [0.15, 0.2) is 85.1 Å². The van der Waals surface area contributed by atoms with Gasteiger partial charge in [0, 0.05) is 19.3 Å². The molecule has 6 unspecified atom stereocenters. The Morgan fingerprint density at radius 2 is 0.818 bits per heavy atom. The molecule has 1 rings (SSSR count). The van der Waals surface area contributed by atoms with Gasteiger partial charge in [-0.25, -0.2) is 4.79 Å². The first-order valence-corrected chi connectivity index (χ1v) is 30.6. The molecule has 0 aromatic heterocycles. The molecule has 0 amide bonds. The van der Waals surface area contributed by atoms with E-state index < -0.39 is 67.3 Å². The number of aliphatic carboxylic acids is 1. The molecule has 77 heavy (non-hydrogen) atoms. The maximum atomic E-state index is 13.1. The van der Waals surface area contributed by atoms with Crippen molar-refractivity contribution in [2.75, 3.05) is 13.2 Å². The van der Waals surface area contributed by atoms with Gasteiger partial charge in [0.05, 0.1) is 6.61 Å². The number of carboxylic acid groups (broad SMARTS) is 1. The van der Waals surface area contributed by atoms with Crippen LogP contribution in [0.5, 0.6) is 0 Å². The van der Waals surface area contributed by atoms with E-state index in [1.165, 1.54) is 44.9 Å². The van der Waals surface area contributed by atoms with Crippen LogP contribution in [0, 0.1) is 0 Å². The second-order valence-electron chi connectivity index (χ2n) is 20.6. The van der Waals surface area contributed by atoms with E-state index in [-0.39, 0.29) is 25.9 Å². The highest BCUT2D eigenvalue weighted by molar-refractivity contribution is 5.74. The molecule has 0 aromatic carbocycles. The highest BCUT2D eigenvalue weighted by Crippen LogP contribution is 2.26. The number of carbonyl (C=O) groups is 4. The molecule has 0 bridgehead atoms. The van der Waals surface area contributed by atoms with Crippen molar-refractivity contribution < 1.29 is 58.2 Å². The van der Waals surface area contributed by atoms with E-state index in [1.807, 2.05) is 0 Å². The number of hydrogen-bond donors (Lipinski definition) is 3. The van der Waals surface area contributed by atoms with Crippen LogP contribution in [0.2, 0.25) is 0 Å². The fraction of sp³-hybridized carbons (Fsp3) is 0.723. The molecule has 0 aromatic rings. The first-order chi connectivity index (χ1) is 37.6. The number of aliphatic hydroxyl groups excluding tert-OH is 2. The lowest BCUT2D eigenvalue weighted by Gasteiger charge is -2.40. The maximum Gasteiger partial charge on any atom is 0.335 e. The summed E-state index contributed by atoms with van der Waals surface area (Å²) in [7, 11) is 0. The molecule has 1 fully saturated rings. The van der Waals surface area contributed by atoms with Crippen molar-refractivity contribution in [1.29, 1.82) is 0 Å².